The number of carbonyl (C=O) groups excluding carboxylic acids is 1. The second kappa shape index (κ2) is 8.05. The second-order valence-electron chi connectivity index (χ2n) is 6.23. The Morgan fingerprint density at radius 2 is 1.93 bits per heavy atom. The Morgan fingerprint density at radius 3 is 2.60 bits per heavy atom. The second-order valence-corrected chi connectivity index (χ2v) is 6.23. The van der Waals surface area contributed by atoms with Crippen molar-refractivity contribution in [1.82, 2.24) is 20.3 Å². The van der Waals surface area contributed by atoms with Gasteiger partial charge in [-0.3, -0.25) is 9.59 Å². The fraction of sp³-hybridized carbons (Fsp3) is 0.222. The molecule has 7 nitrogen and oxygen atoms in total. The van der Waals surface area contributed by atoms with E-state index in [4.69, 9.17) is 0 Å². The third-order valence-electron chi connectivity index (χ3n) is 4.03. The largest absolute Gasteiger partial charge is 0.573 e. The van der Waals surface area contributed by atoms with Crippen LogP contribution in [-0.4, -0.2) is 27.3 Å². The van der Waals surface area contributed by atoms with Gasteiger partial charge in [0.1, 0.15) is 29.4 Å². The van der Waals surface area contributed by atoms with Crippen LogP contribution >= 0.6 is 0 Å². The summed E-state index contributed by atoms with van der Waals surface area (Å²) in [6, 6.07) is 4.87. The Kier molecular flexibility index (Phi) is 5.67. The smallest absolute Gasteiger partial charge is 0.406 e. The summed E-state index contributed by atoms with van der Waals surface area (Å²) in [6.07, 6.45) is -4.97. The lowest BCUT2D eigenvalue weighted by Crippen LogP contribution is -2.35. The van der Waals surface area contributed by atoms with E-state index >= 15 is 0 Å². The number of carbonyl (C=O) groups is 1. The highest BCUT2D eigenvalue weighted by molar-refractivity contribution is 5.78. The van der Waals surface area contributed by atoms with Crippen LogP contribution in [0.5, 0.6) is 5.75 Å². The number of amides is 1. The first-order valence-electron chi connectivity index (χ1n) is 8.41. The van der Waals surface area contributed by atoms with E-state index in [9.17, 15) is 31.5 Å². The summed E-state index contributed by atoms with van der Waals surface area (Å²) in [5.74, 6) is -3.18. The molecule has 1 aromatic heterocycles. The molecule has 2 aromatic carbocycles. The molecule has 0 aliphatic carbocycles. The average Bonchev–Trinajstić information content (AvgIpc) is 2.63. The summed E-state index contributed by atoms with van der Waals surface area (Å²) >= 11 is 0. The van der Waals surface area contributed by atoms with Crippen molar-refractivity contribution in [3.05, 3.63) is 63.9 Å². The number of hydrogen-bond acceptors (Lipinski definition) is 5. The molecule has 3 rings (SSSR count). The molecule has 0 radical (unpaired) electrons. The zero-order valence-electron chi connectivity index (χ0n) is 15.2. The molecule has 0 saturated heterocycles. The molecule has 0 aliphatic rings. The van der Waals surface area contributed by atoms with Gasteiger partial charge in [0.15, 0.2) is 0 Å². The highest BCUT2D eigenvalue weighted by atomic mass is 19.4. The van der Waals surface area contributed by atoms with Crippen LogP contribution in [0.4, 0.5) is 22.0 Å². The minimum atomic E-state index is -4.97. The van der Waals surface area contributed by atoms with Crippen LogP contribution in [0, 0.1) is 11.6 Å². The molecule has 1 heterocycles. The number of ether oxygens (including phenoxy) is 1. The van der Waals surface area contributed by atoms with Gasteiger partial charge in [-0.15, -0.1) is 18.3 Å². The van der Waals surface area contributed by atoms with Crippen molar-refractivity contribution in [3.63, 3.8) is 0 Å². The SMILES string of the molecule is CC(NC(=O)Cn1nnc2ccc(F)cc2c1=O)c1ccc(OC(F)(F)F)cc1F. The number of rotatable bonds is 5. The van der Waals surface area contributed by atoms with E-state index in [1.165, 1.54) is 13.0 Å². The zero-order chi connectivity index (χ0) is 22.1. The normalized spacial score (nSPS) is 12.6. The third-order valence-corrected chi connectivity index (χ3v) is 4.03. The molecule has 158 valence electrons. The van der Waals surface area contributed by atoms with Gasteiger partial charge in [-0.05, 0) is 31.2 Å². The maximum atomic E-state index is 14.1. The molecule has 0 spiro atoms. The van der Waals surface area contributed by atoms with Crippen LogP contribution in [0.1, 0.15) is 18.5 Å². The van der Waals surface area contributed by atoms with Crippen LogP contribution in [-0.2, 0) is 11.3 Å². The lowest BCUT2D eigenvalue weighted by molar-refractivity contribution is -0.274. The van der Waals surface area contributed by atoms with Crippen LogP contribution in [0.15, 0.2) is 41.2 Å². The summed E-state index contributed by atoms with van der Waals surface area (Å²) in [4.78, 5) is 24.5. The minimum Gasteiger partial charge on any atom is -0.406 e. The first-order chi connectivity index (χ1) is 14.0. The van der Waals surface area contributed by atoms with Gasteiger partial charge < -0.3 is 10.1 Å². The van der Waals surface area contributed by atoms with Crippen molar-refractivity contribution in [2.75, 3.05) is 0 Å². The Hall–Kier alpha value is -3.57. The molecule has 0 saturated carbocycles. The fourth-order valence-corrected chi connectivity index (χ4v) is 2.71. The summed E-state index contributed by atoms with van der Waals surface area (Å²) in [5.41, 5.74) is -0.700. The maximum Gasteiger partial charge on any atom is 0.573 e. The molecular weight excluding hydrogens is 415 g/mol. The third kappa shape index (κ3) is 4.88. The average molecular weight is 428 g/mol. The van der Waals surface area contributed by atoms with Crippen molar-refractivity contribution in [3.8, 4) is 5.75 Å². The highest BCUT2D eigenvalue weighted by Gasteiger charge is 2.31. The van der Waals surface area contributed by atoms with Gasteiger partial charge in [0.2, 0.25) is 5.91 Å². The van der Waals surface area contributed by atoms with Crippen molar-refractivity contribution < 1.29 is 31.5 Å². The minimum absolute atomic E-state index is 0.0721. The number of nitrogens with one attached hydrogen (secondary N) is 1. The Balaban J connectivity index is 1.73. The number of halogens is 5. The van der Waals surface area contributed by atoms with Crippen molar-refractivity contribution >= 4 is 16.8 Å². The number of fused-ring (bicyclic) bond motifs is 1. The number of hydrogen-bond donors (Lipinski definition) is 1. The topological polar surface area (TPSA) is 86.1 Å². The van der Waals surface area contributed by atoms with E-state index in [1.807, 2.05) is 0 Å². The Labute approximate surface area is 165 Å². The summed E-state index contributed by atoms with van der Waals surface area (Å²) in [6.45, 7) is 0.810. The number of alkyl halides is 3. The first-order valence-corrected chi connectivity index (χ1v) is 8.41. The molecule has 1 atom stereocenters. The number of nitrogens with zero attached hydrogens (tertiary/aromatic N) is 3. The quantitative estimate of drug-likeness (QED) is 0.632. The molecule has 1 amide bonds. The van der Waals surface area contributed by atoms with Crippen molar-refractivity contribution in [1.29, 1.82) is 0 Å². The monoisotopic (exact) mass is 428 g/mol. The molecule has 30 heavy (non-hydrogen) atoms. The van der Waals surface area contributed by atoms with E-state index in [0.29, 0.717) is 10.7 Å². The van der Waals surface area contributed by atoms with Gasteiger partial charge in [-0.1, -0.05) is 11.3 Å². The molecule has 12 heteroatoms. The molecule has 0 fully saturated rings. The molecular formula is C18H13F5N4O3. The molecule has 1 unspecified atom stereocenters. The van der Waals surface area contributed by atoms with Crippen molar-refractivity contribution in [2.24, 2.45) is 0 Å². The lowest BCUT2D eigenvalue weighted by atomic mass is 10.1. The van der Waals surface area contributed by atoms with E-state index in [1.54, 1.807) is 0 Å². The Morgan fingerprint density at radius 1 is 1.20 bits per heavy atom. The van der Waals surface area contributed by atoms with E-state index in [0.717, 1.165) is 24.3 Å². The molecule has 0 aliphatic heterocycles. The van der Waals surface area contributed by atoms with Crippen molar-refractivity contribution in [2.45, 2.75) is 25.9 Å². The predicted molar refractivity (Wildman–Crippen MR) is 93.4 cm³/mol. The highest BCUT2D eigenvalue weighted by Crippen LogP contribution is 2.26. The van der Waals surface area contributed by atoms with Gasteiger partial charge >= 0.3 is 6.36 Å². The number of aromatic nitrogens is 3. The van der Waals surface area contributed by atoms with Crippen LogP contribution in [0.2, 0.25) is 0 Å². The van der Waals surface area contributed by atoms with Gasteiger partial charge in [0.25, 0.3) is 5.56 Å². The van der Waals surface area contributed by atoms with Gasteiger partial charge in [0.05, 0.1) is 11.4 Å². The van der Waals surface area contributed by atoms with E-state index < -0.39 is 47.8 Å². The van der Waals surface area contributed by atoms with Crippen LogP contribution in [0.3, 0.4) is 0 Å². The van der Waals surface area contributed by atoms with E-state index in [-0.39, 0.29) is 16.5 Å². The fourth-order valence-electron chi connectivity index (χ4n) is 2.71. The standard InChI is InChI=1S/C18H13F5N4O3/c1-9(12-4-3-11(7-14(12)20)30-18(21,22)23)24-16(28)8-27-17(29)13-6-10(19)2-5-15(13)25-26-27/h2-7,9H,8H2,1H3,(H,24,28). The zero-order valence-corrected chi connectivity index (χ0v) is 15.2. The summed E-state index contributed by atoms with van der Waals surface area (Å²) in [5, 5.41) is 9.64. The maximum absolute atomic E-state index is 14.1. The summed E-state index contributed by atoms with van der Waals surface area (Å²) < 4.78 is 68.4. The van der Waals surface area contributed by atoms with Gasteiger partial charge in [-0.25, -0.2) is 13.5 Å². The summed E-state index contributed by atoms with van der Waals surface area (Å²) in [7, 11) is 0. The predicted octanol–water partition coefficient (Wildman–Crippen LogP) is 2.85. The molecule has 1 N–H and O–H groups in total. The molecule has 3 aromatic rings. The molecule has 0 bridgehead atoms. The Bertz CT molecular complexity index is 1160. The van der Waals surface area contributed by atoms with E-state index in [2.05, 4.69) is 20.4 Å². The van der Waals surface area contributed by atoms with Gasteiger partial charge in [0, 0.05) is 11.6 Å². The van der Waals surface area contributed by atoms with Gasteiger partial charge in [-0.2, -0.15) is 0 Å². The first kappa shape index (κ1) is 21.1. The number of benzene rings is 2. The lowest BCUT2D eigenvalue weighted by Gasteiger charge is -2.16. The van der Waals surface area contributed by atoms with Crippen LogP contribution in [0.25, 0.3) is 10.9 Å². The van der Waals surface area contributed by atoms with Crippen LogP contribution < -0.4 is 15.6 Å².